The van der Waals surface area contributed by atoms with Crippen molar-refractivity contribution in [1.82, 2.24) is 10.2 Å². The van der Waals surface area contributed by atoms with Gasteiger partial charge in [-0.3, -0.25) is 13.9 Å². The summed E-state index contributed by atoms with van der Waals surface area (Å²) in [5, 5.41) is 2.95. The molecule has 2 aromatic carbocycles. The highest BCUT2D eigenvalue weighted by Gasteiger charge is 2.29. The normalized spacial score (nSPS) is 13.2. The third kappa shape index (κ3) is 8.26. The molecule has 0 radical (unpaired) electrons. The summed E-state index contributed by atoms with van der Waals surface area (Å²) in [7, 11) is -2.05. The first kappa shape index (κ1) is 30.1. The molecule has 0 spiro atoms. The lowest BCUT2D eigenvalue weighted by atomic mass is 10.1. The van der Waals surface area contributed by atoms with E-state index in [1.165, 1.54) is 4.31 Å². The molecule has 1 heterocycles. The first-order valence-corrected chi connectivity index (χ1v) is 15.0. The summed E-state index contributed by atoms with van der Waals surface area (Å²) < 4.78 is 42.5. The molecule has 2 amide bonds. The summed E-state index contributed by atoms with van der Waals surface area (Å²) >= 11 is 0. The third-order valence-electron chi connectivity index (χ3n) is 6.35. The Morgan fingerprint density at radius 2 is 1.85 bits per heavy atom. The number of sulfonamides is 1. The summed E-state index contributed by atoms with van der Waals surface area (Å²) in [6, 6.07) is 11.6. The van der Waals surface area contributed by atoms with E-state index in [4.69, 9.17) is 14.2 Å². The standard InChI is InChI=1S/C28H39N3O7S/c1-6-24(28(33)29-17-20(2)3)30(18-21-9-7-10-23(15-21)36-4)27(32)11-8-14-31(39(5,34)35)22-12-13-25-26(16-22)38-19-37-25/h7,9-10,12-13,15-16,20,24H,6,8,11,14,17-19H2,1-5H3,(H,29,33). The molecule has 214 valence electrons. The average molecular weight is 562 g/mol. The predicted octanol–water partition coefficient (Wildman–Crippen LogP) is 3.55. The maximum atomic E-state index is 13.6. The number of nitrogens with zero attached hydrogens (tertiary/aromatic N) is 2. The minimum Gasteiger partial charge on any atom is -0.497 e. The lowest BCUT2D eigenvalue weighted by Gasteiger charge is -2.31. The minimum absolute atomic E-state index is 0.0640. The molecule has 1 N–H and O–H groups in total. The van der Waals surface area contributed by atoms with E-state index < -0.39 is 16.1 Å². The molecular formula is C28H39N3O7S. The molecule has 2 aromatic rings. The van der Waals surface area contributed by atoms with E-state index in [9.17, 15) is 18.0 Å². The number of fused-ring (bicyclic) bond motifs is 1. The van der Waals surface area contributed by atoms with E-state index in [1.54, 1.807) is 30.2 Å². The van der Waals surface area contributed by atoms with E-state index in [1.807, 2.05) is 45.0 Å². The molecule has 0 aromatic heterocycles. The number of ether oxygens (including phenoxy) is 3. The molecule has 0 aliphatic carbocycles. The van der Waals surface area contributed by atoms with Crippen molar-refractivity contribution in [3.05, 3.63) is 48.0 Å². The van der Waals surface area contributed by atoms with Crippen LogP contribution in [-0.4, -0.2) is 64.4 Å². The van der Waals surface area contributed by atoms with Crippen LogP contribution in [0.3, 0.4) is 0 Å². The van der Waals surface area contributed by atoms with Crippen LogP contribution in [0.2, 0.25) is 0 Å². The van der Waals surface area contributed by atoms with E-state index in [-0.39, 0.29) is 50.5 Å². The number of carbonyl (C=O) groups excluding carboxylic acids is 2. The van der Waals surface area contributed by atoms with Gasteiger partial charge in [0.05, 0.1) is 19.1 Å². The van der Waals surface area contributed by atoms with Gasteiger partial charge in [-0.1, -0.05) is 32.9 Å². The first-order valence-electron chi connectivity index (χ1n) is 13.1. The second-order valence-corrected chi connectivity index (χ2v) is 11.8. The Kier molecular flexibility index (Phi) is 10.4. The molecule has 0 bridgehead atoms. The largest absolute Gasteiger partial charge is 0.497 e. The number of methoxy groups -OCH3 is 1. The zero-order chi connectivity index (χ0) is 28.6. The maximum absolute atomic E-state index is 13.6. The van der Waals surface area contributed by atoms with Crippen molar-refractivity contribution in [3.8, 4) is 17.2 Å². The highest BCUT2D eigenvalue weighted by Crippen LogP contribution is 2.36. The zero-order valence-corrected chi connectivity index (χ0v) is 24.1. The quantitative estimate of drug-likeness (QED) is 0.375. The van der Waals surface area contributed by atoms with Crippen LogP contribution in [-0.2, 0) is 26.2 Å². The number of nitrogens with one attached hydrogen (secondary N) is 1. The fourth-order valence-electron chi connectivity index (χ4n) is 4.35. The predicted molar refractivity (Wildman–Crippen MR) is 149 cm³/mol. The van der Waals surface area contributed by atoms with Gasteiger partial charge in [0, 0.05) is 32.1 Å². The van der Waals surface area contributed by atoms with Crippen LogP contribution < -0.4 is 23.8 Å². The van der Waals surface area contributed by atoms with Gasteiger partial charge in [0.25, 0.3) is 0 Å². The molecule has 1 atom stereocenters. The van der Waals surface area contributed by atoms with Crippen molar-refractivity contribution in [2.24, 2.45) is 5.92 Å². The Hall–Kier alpha value is -3.47. The topological polar surface area (TPSA) is 114 Å². The molecule has 39 heavy (non-hydrogen) atoms. The third-order valence-corrected chi connectivity index (χ3v) is 7.55. The van der Waals surface area contributed by atoms with E-state index in [0.29, 0.717) is 35.9 Å². The highest BCUT2D eigenvalue weighted by molar-refractivity contribution is 7.92. The van der Waals surface area contributed by atoms with Crippen molar-refractivity contribution in [1.29, 1.82) is 0 Å². The van der Waals surface area contributed by atoms with Crippen molar-refractivity contribution < 1.29 is 32.2 Å². The van der Waals surface area contributed by atoms with Crippen LogP contribution in [0.1, 0.15) is 45.6 Å². The van der Waals surface area contributed by atoms with Crippen LogP contribution in [0.4, 0.5) is 5.69 Å². The lowest BCUT2D eigenvalue weighted by Crippen LogP contribution is -2.49. The van der Waals surface area contributed by atoms with Gasteiger partial charge >= 0.3 is 0 Å². The van der Waals surface area contributed by atoms with Gasteiger partial charge in [0.1, 0.15) is 11.8 Å². The zero-order valence-electron chi connectivity index (χ0n) is 23.3. The second kappa shape index (κ2) is 13.5. The molecule has 10 nitrogen and oxygen atoms in total. The van der Waals surface area contributed by atoms with Gasteiger partial charge < -0.3 is 24.4 Å². The number of rotatable bonds is 14. The Morgan fingerprint density at radius 3 is 2.51 bits per heavy atom. The molecule has 1 aliphatic heterocycles. The monoisotopic (exact) mass is 561 g/mol. The van der Waals surface area contributed by atoms with Gasteiger partial charge in [0.15, 0.2) is 11.5 Å². The molecule has 0 saturated carbocycles. The minimum atomic E-state index is -3.63. The van der Waals surface area contributed by atoms with Crippen LogP contribution in [0.5, 0.6) is 17.2 Å². The SMILES string of the molecule is CCC(C(=O)NCC(C)C)N(Cc1cccc(OC)c1)C(=O)CCCN(c1ccc2c(c1)OCO2)S(C)(=O)=O. The van der Waals surface area contributed by atoms with Gasteiger partial charge in [-0.15, -0.1) is 0 Å². The molecule has 1 unspecified atom stereocenters. The van der Waals surface area contributed by atoms with Gasteiger partial charge in [-0.25, -0.2) is 8.42 Å². The second-order valence-electron chi connectivity index (χ2n) is 9.91. The Balaban J connectivity index is 1.77. The summed E-state index contributed by atoms with van der Waals surface area (Å²) in [4.78, 5) is 28.2. The van der Waals surface area contributed by atoms with E-state index in [0.717, 1.165) is 11.8 Å². The van der Waals surface area contributed by atoms with E-state index >= 15 is 0 Å². The van der Waals surface area contributed by atoms with Crippen LogP contribution in [0.15, 0.2) is 42.5 Å². The summed E-state index contributed by atoms with van der Waals surface area (Å²) in [5.41, 5.74) is 1.26. The lowest BCUT2D eigenvalue weighted by molar-refractivity contribution is -0.141. The van der Waals surface area contributed by atoms with Crippen LogP contribution in [0, 0.1) is 5.92 Å². The number of carbonyl (C=O) groups is 2. The van der Waals surface area contributed by atoms with Crippen molar-refractivity contribution in [3.63, 3.8) is 0 Å². The molecule has 3 rings (SSSR count). The number of benzene rings is 2. The first-order chi connectivity index (χ1) is 18.5. The number of anilines is 1. The van der Waals surface area contributed by atoms with Crippen molar-refractivity contribution in [2.45, 2.75) is 52.6 Å². The highest BCUT2D eigenvalue weighted by atomic mass is 32.2. The van der Waals surface area contributed by atoms with Gasteiger partial charge in [-0.05, 0) is 48.6 Å². The van der Waals surface area contributed by atoms with E-state index in [2.05, 4.69) is 5.32 Å². The van der Waals surface area contributed by atoms with Crippen LogP contribution in [0.25, 0.3) is 0 Å². The fourth-order valence-corrected chi connectivity index (χ4v) is 5.31. The van der Waals surface area contributed by atoms with Crippen molar-refractivity contribution >= 4 is 27.5 Å². The number of amides is 2. The molecule has 0 saturated heterocycles. The molecule has 0 fully saturated rings. The summed E-state index contributed by atoms with van der Waals surface area (Å²) in [6.07, 6.45) is 1.89. The Bertz CT molecular complexity index is 1250. The summed E-state index contributed by atoms with van der Waals surface area (Å²) in [5.74, 6) is 1.51. The number of hydrogen-bond acceptors (Lipinski definition) is 7. The average Bonchev–Trinajstić information content (AvgIpc) is 3.37. The fraction of sp³-hybridized carbons (Fsp3) is 0.500. The molecule has 1 aliphatic rings. The molecule has 11 heteroatoms. The van der Waals surface area contributed by atoms with Crippen molar-refractivity contribution in [2.75, 3.05) is 37.6 Å². The summed E-state index contributed by atoms with van der Waals surface area (Å²) in [6.45, 7) is 6.79. The van der Waals surface area contributed by atoms with Gasteiger partial charge in [-0.2, -0.15) is 0 Å². The van der Waals surface area contributed by atoms with Gasteiger partial charge in [0.2, 0.25) is 28.6 Å². The Morgan fingerprint density at radius 1 is 1.10 bits per heavy atom. The number of hydrogen-bond donors (Lipinski definition) is 1. The smallest absolute Gasteiger partial charge is 0.242 e. The Labute approximate surface area is 231 Å². The maximum Gasteiger partial charge on any atom is 0.242 e. The van der Waals surface area contributed by atoms with Crippen LogP contribution >= 0.6 is 0 Å². The molecular weight excluding hydrogens is 522 g/mol.